The number of aliphatic imine (C=N–C) groups is 1. The summed E-state index contributed by atoms with van der Waals surface area (Å²) in [6.45, 7) is 2.46. The average molecular weight is 249 g/mol. The van der Waals surface area contributed by atoms with Crippen molar-refractivity contribution in [3.63, 3.8) is 0 Å². The summed E-state index contributed by atoms with van der Waals surface area (Å²) in [4.78, 5) is 17.0. The van der Waals surface area contributed by atoms with Crippen molar-refractivity contribution in [2.24, 2.45) is 34.1 Å². The van der Waals surface area contributed by atoms with Crippen LogP contribution in [0.15, 0.2) is 4.99 Å². The fraction of sp³-hybridized carbons (Fsp3) is 0.846. The van der Waals surface area contributed by atoms with E-state index in [9.17, 15) is 4.79 Å². The van der Waals surface area contributed by atoms with E-state index >= 15 is 0 Å². The summed E-state index contributed by atoms with van der Waals surface area (Å²) in [5.74, 6) is 2.50. The summed E-state index contributed by atoms with van der Waals surface area (Å²) in [6.07, 6.45) is 0.199. The Morgan fingerprint density at radius 1 is 1.44 bits per heavy atom. The third-order valence-electron chi connectivity index (χ3n) is 5.88. The molecule has 3 saturated carbocycles. The minimum atomic E-state index is -0.710. The van der Waals surface area contributed by atoms with Crippen molar-refractivity contribution in [3.8, 4) is 0 Å². The van der Waals surface area contributed by atoms with Crippen LogP contribution in [0.25, 0.3) is 0 Å². The lowest BCUT2D eigenvalue weighted by molar-refractivity contribution is -0.239. The third-order valence-corrected chi connectivity index (χ3v) is 5.88. The van der Waals surface area contributed by atoms with Crippen molar-refractivity contribution < 1.29 is 19.0 Å². The fourth-order valence-electron chi connectivity index (χ4n) is 5.40. The fourth-order valence-corrected chi connectivity index (χ4v) is 5.40. The minimum Gasteiger partial charge on any atom is -0.480 e. The van der Waals surface area contributed by atoms with Crippen LogP contribution in [0.5, 0.6) is 0 Å². The number of carbonyl (C=O) groups is 1. The highest BCUT2D eigenvalue weighted by Crippen LogP contribution is 2.82. The van der Waals surface area contributed by atoms with E-state index in [4.69, 9.17) is 14.2 Å². The van der Waals surface area contributed by atoms with Crippen molar-refractivity contribution in [1.82, 2.24) is 0 Å². The lowest BCUT2D eigenvalue weighted by Crippen LogP contribution is -2.83. The van der Waals surface area contributed by atoms with E-state index in [-0.39, 0.29) is 24.2 Å². The van der Waals surface area contributed by atoms with Crippen LogP contribution in [-0.2, 0) is 19.0 Å². The molecule has 4 fully saturated rings. The van der Waals surface area contributed by atoms with Crippen LogP contribution in [0.3, 0.4) is 0 Å². The van der Waals surface area contributed by atoms with Crippen LogP contribution in [-0.4, -0.2) is 43.8 Å². The monoisotopic (exact) mass is 249 g/mol. The second-order valence-electron chi connectivity index (χ2n) is 6.00. The van der Waals surface area contributed by atoms with Crippen molar-refractivity contribution in [2.75, 3.05) is 13.7 Å². The number of nitrogens with zero attached hydrogens (tertiary/aromatic N) is 1. The summed E-state index contributed by atoms with van der Waals surface area (Å²) < 4.78 is 16.8. The zero-order valence-electron chi connectivity index (χ0n) is 10.3. The Morgan fingerprint density at radius 2 is 2.28 bits per heavy atom. The summed E-state index contributed by atoms with van der Waals surface area (Å²) in [6, 6.07) is 0.239. The molecule has 8 atom stereocenters. The number of carbonyl (C=O) groups excluding carboxylic acids is 1. The van der Waals surface area contributed by atoms with Crippen molar-refractivity contribution >= 4 is 11.9 Å². The van der Waals surface area contributed by atoms with E-state index < -0.39 is 5.41 Å². The van der Waals surface area contributed by atoms with Gasteiger partial charge in [0.15, 0.2) is 5.41 Å². The lowest BCUT2D eigenvalue weighted by atomic mass is 9.29. The van der Waals surface area contributed by atoms with Gasteiger partial charge in [-0.3, -0.25) is 4.79 Å². The van der Waals surface area contributed by atoms with Crippen molar-refractivity contribution in [3.05, 3.63) is 0 Å². The molecule has 0 aromatic heterocycles. The predicted molar refractivity (Wildman–Crippen MR) is 59.9 cm³/mol. The van der Waals surface area contributed by atoms with Gasteiger partial charge in [-0.15, -0.1) is 0 Å². The highest BCUT2D eigenvalue weighted by molar-refractivity contribution is 6.07. The number of methoxy groups -OCH3 is 1. The summed E-state index contributed by atoms with van der Waals surface area (Å²) >= 11 is 0. The maximum absolute atomic E-state index is 12.3. The van der Waals surface area contributed by atoms with Gasteiger partial charge in [0.2, 0.25) is 5.90 Å². The predicted octanol–water partition coefficient (Wildman–Crippen LogP) is 0.236. The molecule has 0 N–H and O–H groups in total. The molecule has 0 spiro atoms. The van der Waals surface area contributed by atoms with Gasteiger partial charge in [0, 0.05) is 0 Å². The van der Waals surface area contributed by atoms with Crippen LogP contribution < -0.4 is 0 Å². The molecule has 0 aromatic rings. The van der Waals surface area contributed by atoms with Crippen LogP contribution in [0.2, 0.25) is 0 Å². The van der Waals surface area contributed by atoms with E-state index in [1.54, 1.807) is 0 Å². The van der Waals surface area contributed by atoms with Gasteiger partial charge >= 0.3 is 5.97 Å². The van der Waals surface area contributed by atoms with Crippen molar-refractivity contribution in [1.29, 1.82) is 0 Å². The highest BCUT2D eigenvalue weighted by Gasteiger charge is 2.92. The maximum atomic E-state index is 12.3. The van der Waals surface area contributed by atoms with Crippen LogP contribution >= 0.6 is 0 Å². The van der Waals surface area contributed by atoms with Crippen LogP contribution in [0.1, 0.15) is 6.92 Å². The molecular weight excluding hydrogens is 234 g/mol. The molecule has 5 heteroatoms. The Balaban J connectivity index is 1.69. The molecule has 0 amide bonds. The van der Waals surface area contributed by atoms with E-state index in [2.05, 4.69) is 4.99 Å². The first-order valence-electron chi connectivity index (χ1n) is 6.71. The second kappa shape index (κ2) is 2.59. The summed E-state index contributed by atoms with van der Waals surface area (Å²) in [7, 11) is 1.44. The third kappa shape index (κ3) is 0.624. The Kier molecular flexibility index (Phi) is 1.41. The largest absolute Gasteiger partial charge is 0.480 e. The molecule has 96 valence electrons. The van der Waals surface area contributed by atoms with Gasteiger partial charge in [-0.25, -0.2) is 4.99 Å². The van der Waals surface area contributed by atoms with Gasteiger partial charge in [-0.1, -0.05) is 0 Å². The molecule has 2 heterocycles. The van der Waals surface area contributed by atoms with E-state index in [1.807, 2.05) is 6.92 Å². The van der Waals surface area contributed by atoms with E-state index in [1.165, 1.54) is 7.11 Å². The first-order chi connectivity index (χ1) is 8.76. The lowest BCUT2D eigenvalue weighted by Gasteiger charge is -2.73. The zero-order valence-corrected chi connectivity index (χ0v) is 10.3. The van der Waals surface area contributed by atoms with Gasteiger partial charge < -0.3 is 14.2 Å². The van der Waals surface area contributed by atoms with Crippen LogP contribution in [0.4, 0.5) is 0 Å². The quantitative estimate of drug-likeness (QED) is 0.658. The first-order valence-corrected chi connectivity index (χ1v) is 6.71. The Morgan fingerprint density at radius 3 is 3.00 bits per heavy atom. The molecule has 0 unspecified atom stereocenters. The normalized spacial score (nSPS) is 59.9. The number of rotatable bonds is 2. The second-order valence-corrected chi connectivity index (χ2v) is 6.00. The Hall–Kier alpha value is -1.10. The standard InChI is InChI=1S/C13H15NO4/c1-3-17-11-13(12(15)16-2)7-5-4-6(7)10(13)18-9(4)8(5)14-11/h4-10H,3H2,1-2H3/t4-,5+,6-,7+,8-,9+,10-,13-/m0/s1. The highest BCUT2D eigenvalue weighted by atomic mass is 16.6. The molecule has 5 aliphatic rings. The molecule has 18 heavy (non-hydrogen) atoms. The average Bonchev–Trinajstić information content (AvgIpc) is 2.54. The number of hydrogen-bond acceptors (Lipinski definition) is 5. The van der Waals surface area contributed by atoms with Gasteiger partial charge in [-0.2, -0.15) is 0 Å². The number of hydrogen-bond donors (Lipinski definition) is 0. The number of esters is 1. The van der Waals surface area contributed by atoms with Gasteiger partial charge in [0.05, 0.1) is 32.0 Å². The smallest absolute Gasteiger partial charge is 0.324 e. The Bertz CT molecular complexity index is 495. The van der Waals surface area contributed by atoms with Gasteiger partial charge in [0.1, 0.15) is 0 Å². The number of fused-ring (bicyclic) bond motifs is 2. The molecule has 5 nitrogen and oxygen atoms in total. The minimum absolute atomic E-state index is 0.0426. The van der Waals surface area contributed by atoms with Gasteiger partial charge in [-0.05, 0) is 30.6 Å². The van der Waals surface area contributed by atoms with E-state index in [0.29, 0.717) is 36.2 Å². The summed E-state index contributed by atoms with van der Waals surface area (Å²) in [5, 5.41) is 0. The Labute approximate surface area is 104 Å². The molecule has 5 rings (SSSR count). The maximum Gasteiger partial charge on any atom is 0.324 e. The topological polar surface area (TPSA) is 57.1 Å². The van der Waals surface area contributed by atoms with Crippen LogP contribution in [0, 0.1) is 29.1 Å². The molecular formula is C13H15NO4. The molecule has 0 radical (unpaired) electrons. The molecule has 0 aromatic carbocycles. The van der Waals surface area contributed by atoms with Gasteiger partial charge in [0.25, 0.3) is 0 Å². The molecule has 1 saturated heterocycles. The molecule has 3 aliphatic carbocycles. The SMILES string of the molecule is CCOC1=N[C@@H]2[C@@H]3O[C@H]4[C@H]5[C@@H]3[C@@H]2[C@H]5[C@@]14C(=O)OC. The molecule has 2 aliphatic heterocycles. The van der Waals surface area contributed by atoms with E-state index in [0.717, 1.165) is 0 Å². The summed E-state index contributed by atoms with van der Waals surface area (Å²) in [5.41, 5.74) is -0.710. The number of ether oxygens (including phenoxy) is 3. The zero-order chi connectivity index (χ0) is 12.2. The molecule has 0 bridgehead atoms. The first kappa shape index (κ1) is 9.78. The van der Waals surface area contributed by atoms with Crippen molar-refractivity contribution in [2.45, 2.75) is 25.2 Å².